The van der Waals surface area contributed by atoms with E-state index in [1.54, 1.807) is 30.3 Å². The largest absolute Gasteiger partial charge is 0.497 e. The third kappa shape index (κ3) is 6.07. The lowest BCUT2D eigenvalue weighted by Gasteiger charge is -2.36. The minimum Gasteiger partial charge on any atom is -0.497 e. The van der Waals surface area contributed by atoms with Crippen molar-refractivity contribution in [2.24, 2.45) is 11.8 Å². The number of carbonyl (C=O) groups is 3. The Morgan fingerprint density at radius 1 is 1.28 bits per heavy atom. The third-order valence-electron chi connectivity index (χ3n) is 5.14. The van der Waals surface area contributed by atoms with E-state index in [4.69, 9.17) is 4.74 Å². The van der Waals surface area contributed by atoms with Crippen LogP contribution in [0.3, 0.4) is 0 Å². The van der Waals surface area contributed by atoms with E-state index >= 15 is 0 Å². The summed E-state index contributed by atoms with van der Waals surface area (Å²) >= 11 is 0. The van der Waals surface area contributed by atoms with Crippen molar-refractivity contribution in [2.45, 2.75) is 32.7 Å². The lowest BCUT2D eigenvalue weighted by molar-refractivity contribution is -0.136. The zero-order chi connectivity index (χ0) is 21.4. The van der Waals surface area contributed by atoms with Crippen LogP contribution in [0.4, 0.5) is 0 Å². The average molecular weight is 402 g/mol. The van der Waals surface area contributed by atoms with Crippen LogP contribution in [0.25, 0.3) is 0 Å². The maximum absolute atomic E-state index is 12.8. The molecule has 3 amide bonds. The van der Waals surface area contributed by atoms with E-state index in [2.05, 4.69) is 17.2 Å². The topological polar surface area (TPSA) is 87.7 Å². The van der Waals surface area contributed by atoms with Gasteiger partial charge in [0.2, 0.25) is 11.8 Å². The standard InChI is InChI=1S/C22H31N3O4/c1-5-11-23-21(27)19(16-9-12-25(13-10-16)22(28)15(2)3)24-20(26)17-7-6-8-18(14-17)29-4/h5-8,14-16,19H,1,9-13H2,2-4H3,(H,23,27)(H,24,26). The zero-order valence-corrected chi connectivity index (χ0v) is 17.4. The second kappa shape index (κ2) is 10.6. The summed E-state index contributed by atoms with van der Waals surface area (Å²) < 4.78 is 5.17. The van der Waals surface area contributed by atoms with Crippen LogP contribution in [0.2, 0.25) is 0 Å². The molecular weight excluding hydrogens is 370 g/mol. The second-order valence-corrected chi connectivity index (χ2v) is 7.53. The van der Waals surface area contributed by atoms with Gasteiger partial charge in [-0.1, -0.05) is 26.0 Å². The number of rotatable bonds is 8. The van der Waals surface area contributed by atoms with Gasteiger partial charge in [-0.3, -0.25) is 14.4 Å². The summed E-state index contributed by atoms with van der Waals surface area (Å²) in [4.78, 5) is 39.6. The molecule has 1 aromatic carbocycles. The summed E-state index contributed by atoms with van der Waals surface area (Å²) in [6.07, 6.45) is 2.91. The smallest absolute Gasteiger partial charge is 0.252 e. The average Bonchev–Trinajstić information content (AvgIpc) is 2.75. The van der Waals surface area contributed by atoms with Crippen molar-refractivity contribution in [3.8, 4) is 5.75 Å². The fraction of sp³-hybridized carbons (Fsp3) is 0.500. The first-order valence-corrected chi connectivity index (χ1v) is 9.99. The molecule has 1 fully saturated rings. The number of nitrogens with one attached hydrogen (secondary N) is 2. The molecule has 1 aliphatic heterocycles. The summed E-state index contributed by atoms with van der Waals surface area (Å²) in [5.41, 5.74) is 0.429. The van der Waals surface area contributed by atoms with Crippen molar-refractivity contribution in [3.63, 3.8) is 0 Å². The molecule has 29 heavy (non-hydrogen) atoms. The predicted octanol–water partition coefficient (Wildman–Crippen LogP) is 1.99. The highest BCUT2D eigenvalue weighted by Gasteiger charge is 2.34. The molecule has 1 unspecified atom stereocenters. The first-order valence-electron chi connectivity index (χ1n) is 9.99. The van der Waals surface area contributed by atoms with E-state index in [0.29, 0.717) is 43.8 Å². The summed E-state index contributed by atoms with van der Waals surface area (Å²) in [7, 11) is 1.54. The van der Waals surface area contributed by atoms with Gasteiger partial charge in [-0.25, -0.2) is 0 Å². The highest BCUT2D eigenvalue weighted by atomic mass is 16.5. The molecule has 0 radical (unpaired) electrons. The minimum absolute atomic E-state index is 0.0500. The molecule has 0 saturated carbocycles. The molecule has 7 nitrogen and oxygen atoms in total. The first kappa shape index (κ1) is 22.5. The van der Waals surface area contributed by atoms with E-state index in [-0.39, 0.29) is 29.6 Å². The molecule has 7 heteroatoms. The number of hydrogen-bond acceptors (Lipinski definition) is 4. The van der Waals surface area contributed by atoms with Crippen LogP contribution in [0.5, 0.6) is 5.75 Å². The van der Waals surface area contributed by atoms with Gasteiger partial charge in [0.05, 0.1) is 7.11 Å². The van der Waals surface area contributed by atoms with Gasteiger partial charge in [0.1, 0.15) is 11.8 Å². The Kier molecular flexibility index (Phi) is 8.24. The van der Waals surface area contributed by atoms with Gasteiger partial charge < -0.3 is 20.3 Å². The molecule has 2 rings (SSSR count). The Bertz CT molecular complexity index is 739. The van der Waals surface area contributed by atoms with Crippen molar-refractivity contribution in [3.05, 3.63) is 42.5 Å². The molecule has 0 bridgehead atoms. The predicted molar refractivity (Wildman–Crippen MR) is 112 cm³/mol. The molecule has 1 heterocycles. The maximum atomic E-state index is 12.8. The molecule has 1 atom stereocenters. The van der Waals surface area contributed by atoms with Crippen molar-refractivity contribution in [1.82, 2.24) is 15.5 Å². The minimum atomic E-state index is -0.676. The molecule has 158 valence electrons. The SMILES string of the molecule is C=CCNC(=O)C(NC(=O)c1cccc(OC)c1)C1CCN(C(=O)C(C)C)CC1. The highest BCUT2D eigenvalue weighted by Crippen LogP contribution is 2.23. The molecular formula is C22H31N3O4. The Morgan fingerprint density at radius 2 is 1.97 bits per heavy atom. The Hall–Kier alpha value is -2.83. The Labute approximate surface area is 172 Å². The van der Waals surface area contributed by atoms with Gasteiger partial charge in [0.15, 0.2) is 0 Å². The highest BCUT2D eigenvalue weighted by molar-refractivity contribution is 5.98. The number of amides is 3. The van der Waals surface area contributed by atoms with Gasteiger partial charge in [-0.2, -0.15) is 0 Å². The van der Waals surface area contributed by atoms with Crippen molar-refractivity contribution >= 4 is 17.7 Å². The first-order chi connectivity index (χ1) is 13.9. The molecule has 0 aromatic heterocycles. The van der Waals surface area contributed by atoms with Gasteiger partial charge in [0, 0.05) is 31.1 Å². The fourth-order valence-corrected chi connectivity index (χ4v) is 3.49. The number of piperidine rings is 1. The lowest BCUT2D eigenvalue weighted by Crippen LogP contribution is -2.54. The van der Waals surface area contributed by atoms with Crippen molar-refractivity contribution in [2.75, 3.05) is 26.7 Å². The number of benzene rings is 1. The normalized spacial score (nSPS) is 15.5. The van der Waals surface area contributed by atoms with Crippen molar-refractivity contribution in [1.29, 1.82) is 0 Å². The number of hydrogen-bond donors (Lipinski definition) is 2. The summed E-state index contributed by atoms with van der Waals surface area (Å²) in [6.45, 7) is 8.88. The van der Waals surface area contributed by atoms with Crippen LogP contribution in [-0.4, -0.2) is 55.4 Å². The van der Waals surface area contributed by atoms with Gasteiger partial charge >= 0.3 is 0 Å². The van der Waals surface area contributed by atoms with Crippen LogP contribution < -0.4 is 15.4 Å². The van der Waals surface area contributed by atoms with Gasteiger partial charge in [-0.15, -0.1) is 6.58 Å². The number of carbonyl (C=O) groups excluding carboxylic acids is 3. The molecule has 1 saturated heterocycles. The number of nitrogens with zero attached hydrogens (tertiary/aromatic N) is 1. The van der Waals surface area contributed by atoms with E-state index in [1.165, 1.54) is 7.11 Å². The molecule has 1 aromatic rings. The number of methoxy groups -OCH3 is 1. The monoisotopic (exact) mass is 401 g/mol. The fourth-order valence-electron chi connectivity index (χ4n) is 3.49. The molecule has 0 aliphatic carbocycles. The number of ether oxygens (including phenoxy) is 1. The number of likely N-dealkylation sites (tertiary alicyclic amines) is 1. The van der Waals surface area contributed by atoms with E-state index < -0.39 is 6.04 Å². The summed E-state index contributed by atoms with van der Waals surface area (Å²) in [5.74, 6) is 0.0250. The third-order valence-corrected chi connectivity index (χ3v) is 5.14. The van der Waals surface area contributed by atoms with E-state index in [9.17, 15) is 14.4 Å². The van der Waals surface area contributed by atoms with Crippen LogP contribution >= 0.6 is 0 Å². The Balaban J connectivity index is 2.11. The molecule has 2 N–H and O–H groups in total. The van der Waals surface area contributed by atoms with E-state index in [1.807, 2.05) is 18.7 Å². The quantitative estimate of drug-likeness (QED) is 0.652. The zero-order valence-electron chi connectivity index (χ0n) is 17.4. The van der Waals surface area contributed by atoms with Crippen LogP contribution in [0, 0.1) is 11.8 Å². The maximum Gasteiger partial charge on any atom is 0.252 e. The van der Waals surface area contributed by atoms with Gasteiger partial charge in [-0.05, 0) is 37.0 Å². The van der Waals surface area contributed by atoms with Crippen LogP contribution in [0.15, 0.2) is 36.9 Å². The van der Waals surface area contributed by atoms with E-state index in [0.717, 1.165) is 0 Å². The van der Waals surface area contributed by atoms with Crippen molar-refractivity contribution < 1.29 is 19.1 Å². The summed E-state index contributed by atoms with van der Waals surface area (Å²) in [6, 6.07) is 6.13. The van der Waals surface area contributed by atoms with Crippen LogP contribution in [0.1, 0.15) is 37.0 Å². The molecule has 0 spiro atoms. The Morgan fingerprint density at radius 3 is 2.55 bits per heavy atom. The lowest BCUT2D eigenvalue weighted by atomic mass is 9.88. The second-order valence-electron chi connectivity index (χ2n) is 7.53. The molecule has 1 aliphatic rings. The van der Waals surface area contributed by atoms with Gasteiger partial charge in [0.25, 0.3) is 5.91 Å². The van der Waals surface area contributed by atoms with Crippen LogP contribution in [-0.2, 0) is 9.59 Å². The summed E-state index contributed by atoms with van der Waals surface area (Å²) in [5, 5.41) is 5.67.